The lowest BCUT2D eigenvalue weighted by atomic mass is 9.98. The van der Waals surface area contributed by atoms with Crippen molar-refractivity contribution < 1.29 is 9.53 Å². The van der Waals surface area contributed by atoms with Crippen LogP contribution in [0.25, 0.3) is 33.2 Å². The van der Waals surface area contributed by atoms with E-state index in [0.29, 0.717) is 31.9 Å². The van der Waals surface area contributed by atoms with Crippen LogP contribution in [0, 0.1) is 0 Å². The summed E-state index contributed by atoms with van der Waals surface area (Å²) in [5.41, 5.74) is 5.59. The highest BCUT2D eigenvalue weighted by molar-refractivity contribution is 5.98. The lowest BCUT2D eigenvalue weighted by Crippen LogP contribution is -2.40. The summed E-state index contributed by atoms with van der Waals surface area (Å²) in [7, 11) is 0. The second-order valence-electron chi connectivity index (χ2n) is 7.19. The van der Waals surface area contributed by atoms with E-state index in [9.17, 15) is 4.79 Å². The average molecular weight is 396 g/mol. The molecule has 6 heteroatoms. The molecule has 0 saturated carbocycles. The molecular weight excluding hydrogens is 376 g/mol. The summed E-state index contributed by atoms with van der Waals surface area (Å²) in [6.45, 7) is 2.38. The maximum atomic E-state index is 12.8. The fourth-order valence-corrected chi connectivity index (χ4v) is 3.77. The number of aromatic nitrogens is 3. The van der Waals surface area contributed by atoms with Crippen molar-refractivity contribution in [3.63, 3.8) is 0 Å². The van der Waals surface area contributed by atoms with Gasteiger partial charge in [0.15, 0.2) is 0 Å². The Balaban J connectivity index is 1.54. The summed E-state index contributed by atoms with van der Waals surface area (Å²) in [6.07, 6.45) is 8.82. The molecule has 3 aromatic heterocycles. The molecule has 1 aliphatic heterocycles. The molecule has 0 radical (unpaired) electrons. The van der Waals surface area contributed by atoms with Crippen molar-refractivity contribution in [2.75, 3.05) is 26.3 Å². The van der Waals surface area contributed by atoms with Crippen molar-refractivity contribution in [3.8, 4) is 22.3 Å². The van der Waals surface area contributed by atoms with E-state index in [1.165, 1.54) is 0 Å². The van der Waals surface area contributed by atoms with E-state index in [1.54, 1.807) is 24.8 Å². The Kier molecular flexibility index (Phi) is 4.91. The van der Waals surface area contributed by atoms with Crippen LogP contribution in [0.1, 0.15) is 10.4 Å². The summed E-state index contributed by atoms with van der Waals surface area (Å²) in [4.78, 5) is 27.6. The SMILES string of the molecule is O=C(c1cncc(-c2ccc3nccc(-c4ccncc4)c3c2)c1)N1CCOCC1. The summed E-state index contributed by atoms with van der Waals surface area (Å²) >= 11 is 0. The number of rotatable bonds is 3. The van der Waals surface area contributed by atoms with Gasteiger partial charge >= 0.3 is 0 Å². The lowest BCUT2D eigenvalue weighted by Gasteiger charge is -2.26. The third-order valence-electron chi connectivity index (χ3n) is 5.35. The second kappa shape index (κ2) is 8.00. The van der Waals surface area contributed by atoms with Crippen molar-refractivity contribution >= 4 is 16.8 Å². The van der Waals surface area contributed by atoms with Gasteiger partial charge in [-0.1, -0.05) is 6.07 Å². The van der Waals surface area contributed by atoms with Gasteiger partial charge < -0.3 is 9.64 Å². The van der Waals surface area contributed by atoms with Crippen molar-refractivity contribution in [2.45, 2.75) is 0 Å². The molecule has 0 spiro atoms. The maximum absolute atomic E-state index is 12.8. The molecule has 0 bridgehead atoms. The predicted molar refractivity (Wildman–Crippen MR) is 115 cm³/mol. The Morgan fingerprint density at radius 1 is 0.833 bits per heavy atom. The molecular formula is C24H20N4O2. The Hall–Kier alpha value is -3.64. The minimum absolute atomic E-state index is 0.00687. The minimum atomic E-state index is -0.00687. The minimum Gasteiger partial charge on any atom is -0.378 e. The van der Waals surface area contributed by atoms with Gasteiger partial charge in [0.1, 0.15) is 0 Å². The van der Waals surface area contributed by atoms with Gasteiger partial charge in [0.05, 0.1) is 24.3 Å². The van der Waals surface area contributed by atoms with Gasteiger partial charge in [0.2, 0.25) is 0 Å². The van der Waals surface area contributed by atoms with Crippen LogP contribution < -0.4 is 0 Å². The zero-order chi connectivity index (χ0) is 20.3. The lowest BCUT2D eigenvalue weighted by molar-refractivity contribution is 0.0302. The Morgan fingerprint density at radius 3 is 2.50 bits per heavy atom. The number of fused-ring (bicyclic) bond motifs is 1. The molecule has 4 heterocycles. The highest BCUT2D eigenvalue weighted by Crippen LogP contribution is 2.31. The fraction of sp³-hybridized carbons (Fsp3) is 0.167. The summed E-state index contributed by atoms with van der Waals surface area (Å²) in [6, 6.07) is 14.0. The fourth-order valence-electron chi connectivity index (χ4n) is 3.77. The van der Waals surface area contributed by atoms with Gasteiger partial charge in [-0.15, -0.1) is 0 Å². The number of hydrogen-bond acceptors (Lipinski definition) is 5. The summed E-state index contributed by atoms with van der Waals surface area (Å²) in [5.74, 6) is -0.00687. The first-order valence-corrected chi connectivity index (χ1v) is 9.91. The molecule has 4 aromatic rings. The van der Waals surface area contributed by atoms with E-state index in [2.05, 4.69) is 21.0 Å². The molecule has 30 heavy (non-hydrogen) atoms. The van der Waals surface area contributed by atoms with E-state index < -0.39 is 0 Å². The third kappa shape index (κ3) is 3.53. The molecule has 6 nitrogen and oxygen atoms in total. The molecule has 1 aliphatic rings. The molecule has 1 amide bonds. The molecule has 1 fully saturated rings. The molecule has 148 valence electrons. The van der Waals surface area contributed by atoms with Crippen LogP contribution in [0.3, 0.4) is 0 Å². The number of ether oxygens (including phenoxy) is 1. The van der Waals surface area contributed by atoms with Crippen LogP contribution in [0.4, 0.5) is 0 Å². The normalized spacial score (nSPS) is 14.1. The summed E-state index contributed by atoms with van der Waals surface area (Å²) in [5, 5.41) is 1.05. The molecule has 1 saturated heterocycles. The molecule has 0 unspecified atom stereocenters. The van der Waals surface area contributed by atoms with Crippen LogP contribution in [-0.2, 0) is 4.74 Å². The van der Waals surface area contributed by atoms with E-state index in [1.807, 2.05) is 47.5 Å². The van der Waals surface area contributed by atoms with Gasteiger partial charge in [-0.05, 0) is 53.1 Å². The molecule has 0 N–H and O–H groups in total. The molecule has 0 atom stereocenters. The quantitative estimate of drug-likeness (QED) is 0.526. The standard InChI is InChI=1S/C24H20N4O2/c29-24(28-9-11-30-12-10-28)20-13-19(15-26-16-20)18-1-2-23-22(14-18)21(5-8-27-23)17-3-6-25-7-4-17/h1-8,13-16H,9-12H2. The van der Waals surface area contributed by atoms with Gasteiger partial charge in [-0.3, -0.25) is 19.7 Å². The van der Waals surface area contributed by atoms with Crippen LogP contribution in [-0.4, -0.2) is 52.1 Å². The van der Waals surface area contributed by atoms with Crippen molar-refractivity contribution in [1.82, 2.24) is 19.9 Å². The predicted octanol–water partition coefficient (Wildman–Crippen LogP) is 3.83. The average Bonchev–Trinajstić information content (AvgIpc) is 2.84. The van der Waals surface area contributed by atoms with Crippen LogP contribution >= 0.6 is 0 Å². The number of nitrogens with zero attached hydrogens (tertiary/aromatic N) is 4. The van der Waals surface area contributed by atoms with E-state index >= 15 is 0 Å². The summed E-state index contributed by atoms with van der Waals surface area (Å²) < 4.78 is 5.35. The number of benzene rings is 1. The topological polar surface area (TPSA) is 68.2 Å². The van der Waals surface area contributed by atoms with Crippen molar-refractivity contribution in [1.29, 1.82) is 0 Å². The smallest absolute Gasteiger partial charge is 0.255 e. The van der Waals surface area contributed by atoms with E-state index in [0.717, 1.165) is 33.2 Å². The first kappa shape index (κ1) is 18.4. The number of pyridine rings is 3. The number of carbonyl (C=O) groups is 1. The number of carbonyl (C=O) groups excluding carboxylic acids is 1. The molecule has 1 aromatic carbocycles. The van der Waals surface area contributed by atoms with Gasteiger partial charge in [-0.2, -0.15) is 0 Å². The monoisotopic (exact) mass is 396 g/mol. The molecule has 0 aliphatic carbocycles. The van der Waals surface area contributed by atoms with E-state index in [-0.39, 0.29) is 5.91 Å². The van der Waals surface area contributed by atoms with Gasteiger partial charge in [0, 0.05) is 55.0 Å². The largest absolute Gasteiger partial charge is 0.378 e. The first-order valence-electron chi connectivity index (χ1n) is 9.91. The van der Waals surface area contributed by atoms with Crippen molar-refractivity contribution in [3.05, 3.63) is 79.0 Å². The third-order valence-corrected chi connectivity index (χ3v) is 5.35. The Bertz CT molecular complexity index is 1200. The zero-order valence-electron chi connectivity index (χ0n) is 16.4. The van der Waals surface area contributed by atoms with Gasteiger partial charge in [0.25, 0.3) is 5.91 Å². The number of morpholine rings is 1. The zero-order valence-corrected chi connectivity index (χ0v) is 16.4. The Morgan fingerprint density at radius 2 is 1.67 bits per heavy atom. The number of hydrogen-bond donors (Lipinski definition) is 0. The van der Waals surface area contributed by atoms with Crippen molar-refractivity contribution in [2.24, 2.45) is 0 Å². The van der Waals surface area contributed by atoms with Gasteiger partial charge in [-0.25, -0.2) is 0 Å². The molecule has 5 rings (SSSR count). The Labute approximate surface area is 174 Å². The van der Waals surface area contributed by atoms with Crippen LogP contribution in [0.2, 0.25) is 0 Å². The van der Waals surface area contributed by atoms with Crippen LogP contribution in [0.5, 0.6) is 0 Å². The highest BCUT2D eigenvalue weighted by atomic mass is 16.5. The van der Waals surface area contributed by atoms with Crippen LogP contribution in [0.15, 0.2) is 73.4 Å². The maximum Gasteiger partial charge on any atom is 0.255 e. The highest BCUT2D eigenvalue weighted by Gasteiger charge is 2.19. The first-order chi connectivity index (χ1) is 14.8. The number of amides is 1. The van der Waals surface area contributed by atoms with E-state index in [4.69, 9.17) is 4.74 Å². The second-order valence-corrected chi connectivity index (χ2v) is 7.19.